The Morgan fingerprint density at radius 1 is 1.30 bits per heavy atom. The molecule has 0 atom stereocenters. The van der Waals surface area contributed by atoms with Crippen molar-refractivity contribution in [2.45, 2.75) is 20.0 Å². The standard InChI is InChI=1S/C15H15ClN6O/c1-11-13(16)7-18-22(11)9-14(23)19-15-17-10-21(20-15)8-12-5-3-2-4-6-12/h2-7,10H,8-9H2,1H3,(H,19,20,23). The minimum absolute atomic E-state index is 0.0613. The highest BCUT2D eigenvalue weighted by atomic mass is 35.5. The van der Waals surface area contributed by atoms with E-state index in [0.717, 1.165) is 11.3 Å². The maximum atomic E-state index is 12.0. The summed E-state index contributed by atoms with van der Waals surface area (Å²) < 4.78 is 3.19. The van der Waals surface area contributed by atoms with Crippen LogP contribution in [0.4, 0.5) is 5.95 Å². The summed E-state index contributed by atoms with van der Waals surface area (Å²) >= 11 is 5.91. The number of rotatable bonds is 5. The van der Waals surface area contributed by atoms with E-state index < -0.39 is 0 Å². The van der Waals surface area contributed by atoms with E-state index in [2.05, 4.69) is 20.5 Å². The average Bonchev–Trinajstić information content (AvgIpc) is 3.10. The third-order valence-corrected chi connectivity index (χ3v) is 3.68. The first-order valence-electron chi connectivity index (χ1n) is 7.03. The maximum Gasteiger partial charge on any atom is 0.248 e. The van der Waals surface area contributed by atoms with Crippen LogP contribution in [-0.2, 0) is 17.9 Å². The van der Waals surface area contributed by atoms with Crippen molar-refractivity contribution in [2.24, 2.45) is 0 Å². The van der Waals surface area contributed by atoms with Crippen LogP contribution in [0.25, 0.3) is 0 Å². The van der Waals surface area contributed by atoms with E-state index in [1.54, 1.807) is 17.9 Å². The summed E-state index contributed by atoms with van der Waals surface area (Å²) in [7, 11) is 0. The number of carbonyl (C=O) groups is 1. The Kier molecular flexibility index (Phi) is 4.38. The van der Waals surface area contributed by atoms with Gasteiger partial charge in [0.15, 0.2) is 0 Å². The van der Waals surface area contributed by atoms with E-state index in [-0.39, 0.29) is 18.4 Å². The van der Waals surface area contributed by atoms with Gasteiger partial charge in [0, 0.05) is 0 Å². The predicted octanol–water partition coefficient (Wildman–Crippen LogP) is 2.12. The Hall–Kier alpha value is -2.67. The van der Waals surface area contributed by atoms with Gasteiger partial charge in [0.2, 0.25) is 11.9 Å². The highest BCUT2D eigenvalue weighted by molar-refractivity contribution is 6.31. The summed E-state index contributed by atoms with van der Waals surface area (Å²) in [6.45, 7) is 2.46. The first kappa shape index (κ1) is 15.2. The predicted molar refractivity (Wildman–Crippen MR) is 86.2 cm³/mol. The Labute approximate surface area is 137 Å². The van der Waals surface area contributed by atoms with Gasteiger partial charge in [0.1, 0.15) is 12.9 Å². The smallest absolute Gasteiger partial charge is 0.248 e. The summed E-state index contributed by atoms with van der Waals surface area (Å²) in [4.78, 5) is 16.1. The van der Waals surface area contributed by atoms with E-state index in [4.69, 9.17) is 11.6 Å². The Morgan fingerprint density at radius 2 is 2.09 bits per heavy atom. The Morgan fingerprint density at radius 3 is 2.78 bits per heavy atom. The van der Waals surface area contributed by atoms with Crippen molar-refractivity contribution in [1.82, 2.24) is 24.5 Å². The molecule has 23 heavy (non-hydrogen) atoms. The lowest BCUT2D eigenvalue weighted by atomic mass is 10.2. The number of amides is 1. The molecule has 1 amide bonds. The summed E-state index contributed by atoms with van der Waals surface area (Å²) in [5, 5.41) is 11.4. The fourth-order valence-electron chi connectivity index (χ4n) is 2.08. The minimum atomic E-state index is -0.259. The molecule has 0 radical (unpaired) electrons. The quantitative estimate of drug-likeness (QED) is 0.777. The van der Waals surface area contributed by atoms with Gasteiger partial charge in [-0.25, -0.2) is 9.67 Å². The normalized spacial score (nSPS) is 10.7. The number of anilines is 1. The lowest BCUT2D eigenvalue weighted by Gasteiger charge is -2.04. The van der Waals surface area contributed by atoms with Gasteiger partial charge in [-0.3, -0.25) is 14.8 Å². The third-order valence-electron chi connectivity index (χ3n) is 3.31. The molecule has 0 aliphatic carbocycles. The maximum absolute atomic E-state index is 12.0. The number of nitrogens with one attached hydrogen (secondary N) is 1. The molecule has 1 N–H and O–H groups in total. The van der Waals surface area contributed by atoms with Crippen molar-refractivity contribution in [1.29, 1.82) is 0 Å². The van der Waals surface area contributed by atoms with Gasteiger partial charge in [-0.05, 0) is 12.5 Å². The molecule has 8 heteroatoms. The molecule has 0 fully saturated rings. The molecule has 7 nitrogen and oxygen atoms in total. The van der Waals surface area contributed by atoms with Crippen molar-refractivity contribution in [3.8, 4) is 0 Å². The number of hydrogen-bond donors (Lipinski definition) is 1. The van der Waals surface area contributed by atoms with E-state index in [9.17, 15) is 4.79 Å². The number of nitrogens with zero attached hydrogens (tertiary/aromatic N) is 5. The lowest BCUT2D eigenvalue weighted by Crippen LogP contribution is -2.21. The minimum Gasteiger partial charge on any atom is -0.292 e. The molecule has 0 bridgehead atoms. The van der Waals surface area contributed by atoms with Crippen LogP contribution in [0, 0.1) is 6.92 Å². The van der Waals surface area contributed by atoms with Crippen molar-refractivity contribution >= 4 is 23.5 Å². The molecule has 3 rings (SSSR count). The summed E-state index contributed by atoms with van der Waals surface area (Å²) in [6.07, 6.45) is 3.09. The monoisotopic (exact) mass is 330 g/mol. The molecule has 0 aliphatic rings. The highest BCUT2D eigenvalue weighted by Crippen LogP contribution is 2.13. The number of aromatic nitrogens is 5. The van der Waals surface area contributed by atoms with Crippen LogP contribution in [0.2, 0.25) is 5.02 Å². The van der Waals surface area contributed by atoms with Crippen LogP contribution < -0.4 is 5.32 Å². The Bertz CT molecular complexity index is 810. The van der Waals surface area contributed by atoms with Crippen LogP contribution in [-0.4, -0.2) is 30.5 Å². The number of carbonyl (C=O) groups excluding carboxylic acids is 1. The highest BCUT2D eigenvalue weighted by Gasteiger charge is 2.11. The topological polar surface area (TPSA) is 77.6 Å². The van der Waals surface area contributed by atoms with Crippen LogP contribution in [0.15, 0.2) is 42.9 Å². The second kappa shape index (κ2) is 6.62. The molecule has 2 aromatic heterocycles. The van der Waals surface area contributed by atoms with Gasteiger partial charge in [-0.2, -0.15) is 5.10 Å². The molecular weight excluding hydrogens is 316 g/mol. The largest absolute Gasteiger partial charge is 0.292 e. The van der Waals surface area contributed by atoms with Gasteiger partial charge in [-0.15, -0.1) is 5.10 Å². The molecule has 0 unspecified atom stereocenters. The first-order chi connectivity index (χ1) is 11.1. The zero-order chi connectivity index (χ0) is 16.2. The van der Waals surface area contributed by atoms with E-state index >= 15 is 0 Å². The first-order valence-corrected chi connectivity index (χ1v) is 7.41. The summed E-state index contributed by atoms with van der Waals surface area (Å²) in [5.74, 6) is 0.00663. The Balaban J connectivity index is 1.60. The second-order valence-corrected chi connectivity index (χ2v) is 5.44. The fraction of sp³-hybridized carbons (Fsp3) is 0.200. The molecule has 1 aromatic carbocycles. The molecule has 0 saturated carbocycles. The third kappa shape index (κ3) is 3.75. The molecule has 2 heterocycles. The van der Waals surface area contributed by atoms with E-state index in [1.165, 1.54) is 10.9 Å². The van der Waals surface area contributed by atoms with E-state index in [1.807, 2.05) is 30.3 Å². The van der Waals surface area contributed by atoms with Crippen molar-refractivity contribution in [3.63, 3.8) is 0 Å². The lowest BCUT2D eigenvalue weighted by molar-refractivity contribution is -0.117. The molecule has 0 spiro atoms. The zero-order valence-corrected chi connectivity index (χ0v) is 13.2. The van der Waals surface area contributed by atoms with Crippen molar-refractivity contribution in [3.05, 3.63) is 59.1 Å². The molecule has 118 valence electrons. The number of halogens is 1. The fourth-order valence-corrected chi connectivity index (χ4v) is 2.22. The SMILES string of the molecule is Cc1c(Cl)cnn1CC(=O)Nc1ncn(Cc2ccccc2)n1. The van der Waals surface area contributed by atoms with Crippen LogP contribution in [0.3, 0.4) is 0 Å². The molecule has 0 aliphatic heterocycles. The van der Waals surface area contributed by atoms with Gasteiger partial charge in [0.25, 0.3) is 0 Å². The zero-order valence-electron chi connectivity index (χ0n) is 12.5. The van der Waals surface area contributed by atoms with Crippen LogP contribution in [0.5, 0.6) is 0 Å². The average molecular weight is 331 g/mol. The van der Waals surface area contributed by atoms with Gasteiger partial charge in [0.05, 0.1) is 23.5 Å². The number of benzene rings is 1. The molecule has 3 aromatic rings. The number of hydrogen-bond acceptors (Lipinski definition) is 4. The van der Waals surface area contributed by atoms with Gasteiger partial charge < -0.3 is 0 Å². The van der Waals surface area contributed by atoms with Crippen molar-refractivity contribution < 1.29 is 4.79 Å². The van der Waals surface area contributed by atoms with Gasteiger partial charge in [-0.1, -0.05) is 41.9 Å². The van der Waals surface area contributed by atoms with Crippen LogP contribution >= 0.6 is 11.6 Å². The van der Waals surface area contributed by atoms with Crippen LogP contribution in [0.1, 0.15) is 11.3 Å². The van der Waals surface area contributed by atoms with Crippen molar-refractivity contribution in [2.75, 3.05) is 5.32 Å². The van der Waals surface area contributed by atoms with Gasteiger partial charge >= 0.3 is 0 Å². The molecular formula is C15H15ClN6O. The summed E-state index contributed by atoms with van der Waals surface area (Å²) in [6, 6.07) is 9.90. The summed E-state index contributed by atoms with van der Waals surface area (Å²) in [5.41, 5.74) is 1.85. The molecule has 0 saturated heterocycles. The van der Waals surface area contributed by atoms with E-state index in [0.29, 0.717) is 11.6 Å². The second-order valence-electron chi connectivity index (χ2n) is 5.04.